The van der Waals surface area contributed by atoms with Crippen LogP contribution >= 0.6 is 0 Å². The van der Waals surface area contributed by atoms with Crippen molar-refractivity contribution in [3.63, 3.8) is 0 Å². The van der Waals surface area contributed by atoms with Crippen LogP contribution in [-0.2, 0) is 12.8 Å². The maximum absolute atomic E-state index is 8.84. The van der Waals surface area contributed by atoms with Crippen molar-refractivity contribution in [3.05, 3.63) is 41.7 Å². The maximum atomic E-state index is 8.84. The van der Waals surface area contributed by atoms with E-state index in [-0.39, 0.29) is 0 Å². The van der Waals surface area contributed by atoms with Gasteiger partial charge in [0.25, 0.3) is 0 Å². The molecule has 2 aromatic heterocycles. The van der Waals surface area contributed by atoms with Gasteiger partial charge in [0.1, 0.15) is 11.8 Å². The van der Waals surface area contributed by atoms with Crippen LogP contribution in [0.4, 0.5) is 5.69 Å². The minimum atomic E-state index is 0.475. The lowest BCUT2D eigenvalue weighted by Gasteiger charge is -2.21. The number of imidazole rings is 1. The number of rotatable bonds is 2. The molecule has 1 aliphatic heterocycles. The minimum absolute atomic E-state index is 0.475. The van der Waals surface area contributed by atoms with E-state index in [1.807, 2.05) is 18.6 Å². The van der Waals surface area contributed by atoms with Gasteiger partial charge in [0, 0.05) is 18.8 Å². The Kier molecular flexibility index (Phi) is 3.30. The van der Waals surface area contributed by atoms with Crippen LogP contribution in [0.15, 0.2) is 24.7 Å². The van der Waals surface area contributed by atoms with E-state index in [1.54, 1.807) is 6.07 Å². The topological polar surface area (TPSA) is 57.7 Å². The molecule has 1 aliphatic carbocycles. The average molecular weight is 293 g/mol. The third-order valence-corrected chi connectivity index (χ3v) is 4.84. The molecule has 1 fully saturated rings. The summed E-state index contributed by atoms with van der Waals surface area (Å²) in [5.41, 5.74) is 4.35. The van der Waals surface area contributed by atoms with Crippen LogP contribution in [0.2, 0.25) is 0 Å². The van der Waals surface area contributed by atoms with Crippen molar-refractivity contribution >= 4 is 5.69 Å². The van der Waals surface area contributed by atoms with E-state index in [1.165, 1.54) is 30.7 Å². The first-order valence-electron chi connectivity index (χ1n) is 8.01. The molecule has 0 spiro atoms. The maximum Gasteiger partial charge on any atom is 0.140 e. The molecule has 0 aromatic carbocycles. The molecular weight excluding hydrogens is 274 g/mol. The lowest BCUT2D eigenvalue weighted by molar-refractivity contribution is 0.515. The van der Waals surface area contributed by atoms with E-state index < -0.39 is 0 Å². The van der Waals surface area contributed by atoms with Crippen LogP contribution in [0.5, 0.6) is 0 Å². The molecule has 4 rings (SSSR count). The fraction of sp³-hybridized carbons (Fsp3) is 0.471. The summed E-state index contributed by atoms with van der Waals surface area (Å²) in [6, 6.07) is 6.36. The number of anilines is 1. The van der Waals surface area contributed by atoms with Crippen molar-refractivity contribution in [1.29, 1.82) is 5.26 Å². The number of aryl methyl sites for hydroxylation is 1. The molecule has 0 amide bonds. The summed E-state index contributed by atoms with van der Waals surface area (Å²) in [5, 5.41) is 8.84. The molecule has 0 saturated carbocycles. The van der Waals surface area contributed by atoms with Gasteiger partial charge in [-0.15, -0.1) is 0 Å². The molecule has 22 heavy (non-hydrogen) atoms. The van der Waals surface area contributed by atoms with Crippen molar-refractivity contribution < 1.29 is 0 Å². The highest BCUT2D eigenvalue weighted by molar-refractivity contribution is 5.47. The van der Waals surface area contributed by atoms with Crippen molar-refractivity contribution in [3.8, 4) is 6.07 Å². The highest BCUT2D eigenvalue weighted by Crippen LogP contribution is 2.30. The van der Waals surface area contributed by atoms with Gasteiger partial charge < -0.3 is 9.47 Å². The van der Waals surface area contributed by atoms with Gasteiger partial charge in [-0.25, -0.2) is 9.97 Å². The summed E-state index contributed by atoms with van der Waals surface area (Å²) >= 11 is 0. The standard InChI is InChI=1S/C17H19N5/c18-9-13-5-6-14(10-19-13)21-8-7-15(11-21)22-12-20-16-3-1-2-4-17(16)22/h5-6,10,12,15H,1-4,7-8,11H2/t15-/m0/s1. The van der Waals surface area contributed by atoms with Gasteiger partial charge in [-0.2, -0.15) is 5.26 Å². The lowest BCUT2D eigenvalue weighted by atomic mass is 10.0. The number of hydrogen-bond donors (Lipinski definition) is 0. The summed E-state index contributed by atoms with van der Waals surface area (Å²) in [4.78, 5) is 11.2. The summed E-state index contributed by atoms with van der Waals surface area (Å²) in [6.45, 7) is 2.03. The lowest BCUT2D eigenvalue weighted by Crippen LogP contribution is -2.22. The number of aromatic nitrogens is 3. The summed E-state index contributed by atoms with van der Waals surface area (Å²) in [6.07, 6.45) is 9.86. The van der Waals surface area contributed by atoms with Gasteiger partial charge in [-0.1, -0.05) is 0 Å². The molecular formula is C17H19N5. The smallest absolute Gasteiger partial charge is 0.140 e. The van der Waals surface area contributed by atoms with Crippen molar-refractivity contribution in [2.24, 2.45) is 0 Å². The molecule has 112 valence electrons. The molecule has 1 atom stereocenters. The van der Waals surface area contributed by atoms with Crippen LogP contribution in [0, 0.1) is 11.3 Å². The van der Waals surface area contributed by atoms with E-state index >= 15 is 0 Å². The number of nitriles is 1. The van der Waals surface area contributed by atoms with Crippen molar-refractivity contribution in [2.45, 2.75) is 38.1 Å². The third-order valence-electron chi connectivity index (χ3n) is 4.84. The highest BCUT2D eigenvalue weighted by Gasteiger charge is 2.27. The third kappa shape index (κ3) is 2.25. The van der Waals surface area contributed by atoms with Gasteiger partial charge >= 0.3 is 0 Å². The zero-order valence-corrected chi connectivity index (χ0v) is 12.6. The zero-order valence-electron chi connectivity index (χ0n) is 12.6. The normalized spacial score (nSPS) is 20.7. The molecule has 2 aliphatic rings. The van der Waals surface area contributed by atoms with Gasteiger partial charge in [0.15, 0.2) is 0 Å². The van der Waals surface area contributed by atoms with Gasteiger partial charge in [-0.3, -0.25) is 0 Å². The van der Waals surface area contributed by atoms with E-state index in [4.69, 9.17) is 5.26 Å². The van der Waals surface area contributed by atoms with Gasteiger partial charge in [0.05, 0.1) is 29.9 Å². The predicted molar refractivity (Wildman–Crippen MR) is 83.7 cm³/mol. The molecule has 5 nitrogen and oxygen atoms in total. The first kappa shape index (κ1) is 13.3. The molecule has 0 radical (unpaired) electrons. The number of pyridine rings is 1. The van der Waals surface area contributed by atoms with E-state index in [9.17, 15) is 0 Å². The second kappa shape index (κ2) is 5.45. The Bertz CT molecular complexity index is 710. The highest BCUT2D eigenvalue weighted by atomic mass is 15.2. The van der Waals surface area contributed by atoms with Gasteiger partial charge in [0.2, 0.25) is 0 Å². The quantitative estimate of drug-likeness (QED) is 0.853. The minimum Gasteiger partial charge on any atom is -0.368 e. The average Bonchev–Trinajstić information content (AvgIpc) is 3.21. The Hall–Kier alpha value is -2.35. The number of nitrogens with zero attached hydrogens (tertiary/aromatic N) is 5. The Balaban J connectivity index is 1.52. The molecule has 0 bridgehead atoms. The largest absolute Gasteiger partial charge is 0.368 e. The second-order valence-electron chi connectivity index (χ2n) is 6.15. The van der Waals surface area contributed by atoms with E-state index in [2.05, 4.69) is 25.5 Å². The first-order chi connectivity index (χ1) is 10.8. The van der Waals surface area contributed by atoms with Crippen molar-refractivity contribution in [1.82, 2.24) is 14.5 Å². The summed E-state index contributed by atoms with van der Waals surface area (Å²) in [7, 11) is 0. The zero-order chi connectivity index (χ0) is 14.9. The Morgan fingerprint density at radius 3 is 2.91 bits per heavy atom. The molecule has 0 unspecified atom stereocenters. The number of fused-ring (bicyclic) bond motifs is 1. The molecule has 3 heterocycles. The predicted octanol–water partition coefficient (Wildman–Crippen LogP) is 2.48. The Labute approximate surface area is 130 Å². The number of hydrogen-bond acceptors (Lipinski definition) is 4. The van der Waals surface area contributed by atoms with Crippen LogP contribution in [0.1, 0.15) is 42.4 Å². The second-order valence-corrected chi connectivity index (χ2v) is 6.15. The van der Waals surface area contributed by atoms with Crippen molar-refractivity contribution in [2.75, 3.05) is 18.0 Å². The summed E-state index contributed by atoms with van der Waals surface area (Å²) in [5.74, 6) is 0. The molecule has 1 saturated heterocycles. The molecule has 5 heteroatoms. The first-order valence-corrected chi connectivity index (χ1v) is 8.01. The fourth-order valence-corrected chi connectivity index (χ4v) is 3.65. The van der Waals surface area contributed by atoms with Gasteiger partial charge in [-0.05, 0) is 44.2 Å². The van der Waals surface area contributed by atoms with E-state index in [0.29, 0.717) is 11.7 Å². The fourth-order valence-electron chi connectivity index (χ4n) is 3.65. The van der Waals surface area contributed by atoms with Crippen LogP contribution in [-0.4, -0.2) is 27.6 Å². The SMILES string of the molecule is N#Cc1ccc(N2CC[C@H](n3cnc4c3CCCC4)C2)cn1. The Morgan fingerprint density at radius 1 is 1.18 bits per heavy atom. The van der Waals surface area contributed by atoms with Crippen LogP contribution < -0.4 is 4.90 Å². The Morgan fingerprint density at radius 2 is 2.09 bits per heavy atom. The van der Waals surface area contributed by atoms with E-state index in [0.717, 1.165) is 31.6 Å². The monoisotopic (exact) mass is 293 g/mol. The van der Waals surface area contributed by atoms with Crippen LogP contribution in [0.25, 0.3) is 0 Å². The molecule has 2 aromatic rings. The molecule has 0 N–H and O–H groups in total. The summed E-state index contributed by atoms with van der Waals surface area (Å²) < 4.78 is 2.41. The van der Waals surface area contributed by atoms with Crippen LogP contribution in [0.3, 0.4) is 0 Å².